The SMILES string of the molecule is c1ccc2c(c1)ccc1cc3c(cc12)c1cccnc1n1cncc31. The molecular formula is C22H13N3. The normalized spacial score (nSPS) is 12.0. The summed E-state index contributed by atoms with van der Waals surface area (Å²) in [5.41, 5.74) is 2.04. The molecule has 3 nitrogen and oxygen atoms in total. The molecular weight excluding hydrogens is 306 g/mol. The summed E-state index contributed by atoms with van der Waals surface area (Å²) in [5.74, 6) is 0. The van der Waals surface area contributed by atoms with E-state index in [9.17, 15) is 0 Å². The van der Waals surface area contributed by atoms with Crippen molar-refractivity contribution in [2.75, 3.05) is 0 Å². The van der Waals surface area contributed by atoms with E-state index in [0.717, 1.165) is 16.6 Å². The highest BCUT2D eigenvalue weighted by atomic mass is 15.0. The molecule has 0 atom stereocenters. The average molecular weight is 319 g/mol. The van der Waals surface area contributed by atoms with Gasteiger partial charge in [0.15, 0.2) is 0 Å². The molecule has 0 amide bonds. The summed E-state index contributed by atoms with van der Waals surface area (Å²) in [6.45, 7) is 0. The first kappa shape index (κ1) is 12.9. The summed E-state index contributed by atoms with van der Waals surface area (Å²) >= 11 is 0. The summed E-state index contributed by atoms with van der Waals surface area (Å²) in [6, 6.07) is 21.7. The molecule has 0 aliphatic carbocycles. The van der Waals surface area contributed by atoms with Crippen LogP contribution in [0, 0.1) is 0 Å². The van der Waals surface area contributed by atoms with Gasteiger partial charge in [-0.05, 0) is 51.2 Å². The Morgan fingerprint density at radius 1 is 0.680 bits per heavy atom. The van der Waals surface area contributed by atoms with Gasteiger partial charge in [-0.2, -0.15) is 0 Å². The van der Waals surface area contributed by atoms with E-state index in [4.69, 9.17) is 0 Å². The zero-order valence-corrected chi connectivity index (χ0v) is 13.3. The molecule has 0 spiro atoms. The smallest absolute Gasteiger partial charge is 0.146 e. The molecule has 0 aliphatic rings. The van der Waals surface area contributed by atoms with Gasteiger partial charge in [-0.15, -0.1) is 0 Å². The zero-order valence-electron chi connectivity index (χ0n) is 13.3. The lowest BCUT2D eigenvalue weighted by molar-refractivity contribution is 1.17. The van der Waals surface area contributed by atoms with E-state index < -0.39 is 0 Å². The highest BCUT2D eigenvalue weighted by Crippen LogP contribution is 2.34. The molecule has 25 heavy (non-hydrogen) atoms. The lowest BCUT2D eigenvalue weighted by atomic mass is 9.97. The van der Waals surface area contributed by atoms with Gasteiger partial charge in [-0.1, -0.05) is 36.4 Å². The van der Waals surface area contributed by atoms with Crippen molar-refractivity contribution in [2.45, 2.75) is 0 Å². The average Bonchev–Trinajstić information content (AvgIpc) is 3.17. The predicted octanol–water partition coefficient (Wildman–Crippen LogP) is 5.34. The Labute approximate surface area is 143 Å². The largest absolute Gasteiger partial charge is 0.282 e. The standard InChI is InChI=1S/C22H13N3/c1-2-5-16-14(4-1)7-8-15-10-20-19(11-18(15)16)17-6-3-9-24-22(17)25-13-23-12-21(20)25/h1-13H. The second kappa shape index (κ2) is 4.54. The van der Waals surface area contributed by atoms with Crippen molar-refractivity contribution in [3.8, 4) is 0 Å². The Hall–Kier alpha value is -3.46. The van der Waals surface area contributed by atoms with Gasteiger partial charge in [0.05, 0.1) is 11.7 Å². The fourth-order valence-electron chi connectivity index (χ4n) is 3.95. The van der Waals surface area contributed by atoms with Crippen molar-refractivity contribution >= 4 is 48.9 Å². The Bertz CT molecular complexity index is 1440. The Morgan fingerprint density at radius 3 is 2.56 bits per heavy atom. The van der Waals surface area contributed by atoms with Crippen LogP contribution in [0.1, 0.15) is 0 Å². The minimum absolute atomic E-state index is 0.946. The quantitative estimate of drug-likeness (QED) is 0.279. The molecule has 0 unspecified atom stereocenters. The maximum Gasteiger partial charge on any atom is 0.146 e. The highest BCUT2D eigenvalue weighted by Gasteiger charge is 2.11. The molecule has 0 N–H and O–H groups in total. The van der Waals surface area contributed by atoms with Gasteiger partial charge in [-0.3, -0.25) is 4.40 Å². The molecule has 3 aromatic heterocycles. The number of rotatable bonds is 0. The molecule has 6 rings (SSSR count). The van der Waals surface area contributed by atoms with Crippen LogP contribution in [0.4, 0.5) is 0 Å². The third-order valence-electron chi connectivity index (χ3n) is 5.10. The van der Waals surface area contributed by atoms with Crippen LogP contribution in [0.2, 0.25) is 0 Å². The van der Waals surface area contributed by atoms with Crippen LogP contribution >= 0.6 is 0 Å². The summed E-state index contributed by atoms with van der Waals surface area (Å²) < 4.78 is 2.07. The number of pyridine rings is 2. The van der Waals surface area contributed by atoms with E-state index in [1.54, 1.807) is 0 Å². The van der Waals surface area contributed by atoms with Crippen molar-refractivity contribution in [3.63, 3.8) is 0 Å². The first-order valence-electron chi connectivity index (χ1n) is 8.34. The number of benzene rings is 3. The molecule has 0 radical (unpaired) electrons. The molecule has 3 aromatic carbocycles. The van der Waals surface area contributed by atoms with E-state index in [1.165, 1.54) is 32.3 Å². The first-order chi connectivity index (χ1) is 12.4. The van der Waals surface area contributed by atoms with Crippen molar-refractivity contribution < 1.29 is 0 Å². The summed E-state index contributed by atoms with van der Waals surface area (Å²) in [4.78, 5) is 8.95. The van der Waals surface area contributed by atoms with Gasteiger partial charge in [0.1, 0.15) is 12.0 Å². The molecule has 3 heteroatoms. The molecule has 0 saturated heterocycles. The molecule has 6 aromatic rings. The minimum Gasteiger partial charge on any atom is -0.282 e. The number of fused-ring (bicyclic) bond motifs is 9. The molecule has 116 valence electrons. The van der Waals surface area contributed by atoms with E-state index >= 15 is 0 Å². The van der Waals surface area contributed by atoms with E-state index in [1.807, 2.05) is 24.8 Å². The highest BCUT2D eigenvalue weighted by molar-refractivity contribution is 6.19. The van der Waals surface area contributed by atoms with Crippen LogP contribution in [-0.4, -0.2) is 14.4 Å². The third kappa shape index (κ3) is 1.64. The van der Waals surface area contributed by atoms with Crippen LogP contribution in [-0.2, 0) is 0 Å². The zero-order chi connectivity index (χ0) is 16.4. The van der Waals surface area contributed by atoms with E-state index in [-0.39, 0.29) is 0 Å². The fourth-order valence-corrected chi connectivity index (χ4v) is 3.95. The number of aromatic nitrogens is 3. The van der Waals surface area contributed by atoms with Crippen molar-refractivity contribution in [1.29, 1.82) is 0 Å². The summed E-state index contributed by atoms with van der Waals surface area (Å²) in [5, 5.41) is 8.66. The lowest BCUT2D eigenvalue weighted by Gasteiger charge is -2.10. The maximum absolute atomic E-state index is 4.60. The first-order valence-corrected chi connectivity index (χ1v) is 8.34. The molecule has 3 heterocycles. The van der Waals surface area contributed by atoms with Gasteiger partial charge in [-0.25, -0.2) is 9.97 Å². The van der Waals surface area contributed by atoms with Crippen molar-refractivity contribution in [3.05, 3.63) is 79.4 Å². The Morgan fingerprint density at radius 2 is 1.56 bits per heavy atom. The van der Waals surface area contributed by atoms with Gasteiger partial charge in [0, 0.05) is 17.0 Å². The third-order valence-corrected chi connectivity index (χ3v) is 5.10. The van der Waals surface area contributed by atoms with Gasteiger partial charge in [0.25, 0.3) is 0 Å². The monoisotopic (exact) mass is 319 g/mol. The Balaban J connectivity index is 1.95. The van der Waals surface area contributed by atoms with Crippen LogP contribution < -0.4 is 0 Å². The van der Waals surface area contributed by atoms with E-state index in [0.29, 0.717) is 0 Å². The number of hydrogen-bond acceptors (Lipinski definition) is 2. The predicted molar refractivity (Wildman–Crippen MR) is 103 cm³/mol. The number of hydrogen-bond donors (Lipinski definition) is 0. The van der Waals surface area contributed by atoms with E-state index in [2.05, 4.69) is 69.0 Å². The topological polar surface area (TPSA) is 30.2 Å². The number of nitrogens with zero attached hydrogens (tertiary/aromatic N) is 3. The Kier molecular flexibility index (Phi) is 2.35. The number of imidazole rings is 1. The molecule has 0 saturated carbocycles. The second-order valence-corrected chi connectivity index (χ2v) is 6.43. The lowest BCUT2D eigenvalue weighted by Crippen LogP contribution is -1.92. The maximum atomic E-state index is 4.60. The minimum atomic E-state index is 0.946. The molecule has 0 bridgehead atoms. The molecule has 0 fully saturated rings. The second-order valence-electron chi connectivity index (χ2n) is 6.43. The molecule has 0 aliphatic heterocycles. The van der Waals surface area contributed by atoms with Crippen molar-refractivity contribution in [2.24, 2.45) is 0 Å². The summed E-state index contributed by atoms with van der Waals surface area (Å²) in [6.07, 6.45) is 5.60. The van der Waals surface area contributed by atoms with Crippen LogP contribution in [0.5, 0.6) is 0 Å². The van der Waals surface area contributed by atoms with Crippen LogP contribution in [0.3, 0.4) is 0 Å². The van der Waals surface area contributed by atoms with Crippen molar-refractivity contribution in [1.82, 2.24) is 14.4 Å². The van der Waals surface area contributed by atoms with Gasteiger partial charge >= 0.3 is 0 Å². The van der Waals surface area contributed by atoms with Crippen LogP contribution in [0.25, 0.3) is 48.9 Å². The fraction of sp³-hybridized carbons (Fsp3) is 0. The summed E-state index contributed by atoms with van der Waals surface area (Å²) in [7, 11) is 0. The van der Waals surface area contributed by atoms with Gasteiger partial charge in [0.2, 0.25) is 0 Å². The van der Waals surface area contributed by atoms with Gasteiger partial charge < -0.3 is 0 Å². The van der Waals surface area contributed by atoms with Crippen LogP contribution in [0.15, 0.2) is 79.4 Å².